The van der Waals surface area contributed by atoms with Gasteiger partial charge < -0.3 is 51.8 Å². The number of ether oxygens (including phenoxy) is 10. The second-order valence-corrected chi connectivity index (χ2v) is 18.2. The zero-order chi connectivity index (χ0) is 37.9. The first-order valence-corrected chi connectivity index (χ1v) is 23.9. The van der Waals surface area contributed by atoms with Crippen LogP contribution in [-0.2, 0) is 56.6 Å². The van der Waals surface area contributed by atoms with Crippen LogP contribution in [0, 0.1) is 0 Å². The van der Waals surface area contributed by atoms with Crippen molar-refractivity contribution in [2.75, 3.05) is 132 Å². The molecule has 0 heterocycles. The van der Waals surface area contributed by atoms with Crippen molar-refractivity contribution in [1.29, 1.82) is 0 Å². The summed E-state index contributed by atoms with van der Waals surface area (Å²) in [7, 11) is -1.45. The summed E-state index contributed by atoms with van der Waals surface area (Å²) >= 11 is 0. The topological polar surface area (TPSA) is 119 Å². The van der Waals surface area contributed by atoms with E-state index in [2.05, 4.69) is 26.6 Å². The summed E-state index contributed by atoms with van der Waals surface area (Å²) in [5.74, 6) is -0.130. The lowest BCUT2D eigenvalue weighted by Gasteiger charge is -2.16. The number of hydrogen-bond acceptors (Lipinski definition) is 12. The van der Waals surface area contributed by atoms with E-state index in [0.717, 1.165) is 12.8 Å². The molecule has 0 atom stereocenters. The van der Waals surface area contributed by atoms with Gasteiger partial charge in [0.15, 0.2) is 8.32 Å². The van der Waals surface area contributed by atoms with Crippen molar-refractivity contribution in [3.05, 3.63) is 0 Å². The first-order valence-electron chi connectivity index (χ1n) is 20.4. The molecule has 0 aromatic rings. The van der Waals surface area contributed by atoms with Gasteiger partial charge in [0, 0.05) is 6.42 Å². The molecule has 0 N–H and O–H groups in total. The highest BCUT2D eigenvalue weighted by Crippen LogP contribution is 2.13. The third kappa shape index (κ3) is 47.3. The van der Waals surface area contributed by atoms with Gasteiger partial charge in [0.1, 0.15) is 6.61 Å². The van der Waals surface area contributed by atoms with Crippen LogP contribution in [0.15, 0.2) is 0 Å². The second kappa shape index (κ2) is 43.0. The molecule has 0 spiro atoms. The lowest BCUT2D eigenvalue weighted by atomic mass is 10.0. The molecule has 12 nitrogen and oxygen atoms in total. The summed E-state index contributed by atoms with van der Waals surface area (Å²) in [6.45, 7) is 18.9. The predicted molar refractivity (Wildman–Crippen MR) is 208 cm³/mol. The molecule has 0 unspecified atom stereocenters. The molecule has 0 aliphatic rings. The van der Waals surface area contributed by atoms with Crippen LogP contribution < -0.4 is 0 Å². The minimum absolute atomic E-state index is 0.130. The Bertz CT molecular complexity index is 699. The molecule has 0 aromatic heterocycles. The molecular weight excluding hydrogens is 689 g/mol. The Morgan fingerprint density at radius 3 is 0.885 bits per heavy atom. The van der Waals surface area contributed by atoms with Gasteiger partial charge in [0.2, 0.25) is 0 Å². The summed E-state index contributed by atoms with van der Waals surface area (Å²) in [4.78, 5) is 11.9. The van der Waals surface area contributed by atoms with Gasteiger partial charge in [0.25, 0.3) is 0 Å². The maximum atomic E-state index is 11.9. The Morgan fingerprint density at radius 2 is 0.596 bits per heavy atom. The molecule has 0 amide bonds. The quantitative estimate of drug-likeness (QED) is 0.0360. The molecule has 0 saturated heterocycles. The molecule has 0 aliphatic carbocycles. The van der Waals surface area contributed by atoms with Gasteiger partial charge in [0.05, 0.1) is 126 Å². The number of hydrogen-bond donors (Lipinski definition) is 0. The van der Waals surface area contributed by atoms with Gasteiger partial charge in [-0.05, 0) is 26.1 Å². The van der Waals surface area contributed by atoms with Gasteiger partial charge in [-0.15, -0.1) is 0 Å². The molecule has 312 valence electrons. The Balaban J connectivity index is 3.13. The third-order valence-corrected chi connectivity index (χ3v) is 8.78. The Hall–Kier alpha value is -0.713. The van der Waals surface area contributed by atoms with Gasteiger partial charge >= 0.3 is 5.97 Å². The molecule has 0 radical (unpaired) electrons. The summed E-state index contributed by atoms with van der Waals surface area (Å²) in [6, 6.07) is 0. The van der Waals surface area contributed by atoms with Crippen LogP contribution in [0.25, 0.3) is 0 Å². The standard InChI is InChI=1S/C39H80O12Si/c1-5-6-7-8-9-10-11-12-13-14-15-16-17-18-39(40)50-37-35-48-33-31-46-29-27-44-25-23-42-21-19-41-20-22-43-24-26-45-28-30-47-32-34-49-36-38-51-52(2,3)4/h5-38H2,1-4H3. The minimum Gasteiger partial charge on any atom is -0.463 e. The first-order chi connectivity index (χ1) is 25.5. The largest absolute Gasteiger partial charge is 0.463 e. The number of carbonyl (C=O) groups is 1. The Morgan fingerprint density at radius 1 is 0.346 bits per heavy atom. The van der Waals surface area contributed by atoms with Crippen LogP contribution in [0.1, 0.15) is 96.8 Å². The van der Waals surface area contributed by atoms with Gasteiger partial charge in [-0.25, -0.2) is 0 Å². The second-order valence-electron chi connectivity index (χ2n) is 13.7. The fraction of sp³-hybridized carbons (Fsp3) is 0.974. The van der Waals surface area contributed by atoms with Crippen LogP contribution in [0.4, 0.5) is 0 Å². The molecule has 0 aromatic carbocycles. The van der Waals surface area contributed by atoms with Crippen molar-refractivity contribution in [3.8, 4) is 0 Å². The fourth-order valence-corrected chi connectivity index (χ4v) is 5.54. The summed E-state index contributed by atoms with van der Waals surface area (Å²) in [6.07, 6.45) is 17.3. The van der Waals surface area contributed by atoms with E-state index >= 15 is 0 Å². The van der Waals surface area contributed by atoms with Gasteiger partial charge in [-0.3, -0.25) is 4.79 Å². The molecule has 52 heavy (non-hydrogen) atoms. The molecule has 0 aliphatic heterocycles. The van der Waals surface area contributed by atoms with Crippen molar-refractivity contribution in [1.82, 2.24) is 0 Å². The normalized spacial score (nSPS) is 11.8. The third-order valence-electron chi connectivity index (χ3n) is 7.71. The van der Waals surface area contributed by atoms with Crippen LogP contribution >= 0.6 is 0 Å². The predicted octanol–water partition coefficient (Wildman–Crippen LogP) is 7.01. The zero-order valence-corrected chi connectivity index (χ0v) is 34.9. The van der Waals surface area contributed by atoms with Crippen molar-refractivity contribution in [3.63, 3.8) is 0 Å². The maximum absolute atomic E-state index is 11.9. The highest BCUT2D eigenvalue weighted by atomic mass is 28.4. The van der Waals surface area contributed by atoms with E-state index in [4.69, 9.17) is 51.8 Å². The smallest absolute Gasteiger partial charge is 0.305 e. The van der Waals surface area contributed by atoms with E-state index in [1.54, 1.807) is 0 Å². The highest BCUT2D eigenvalue weighted by Gasteiger charge is 2.13. The van der Waals surface area contributed by atoms with Gasteiger partial charge in [-0.1, -0.05) is 84.0 Å². The van der Waals surface area contributed by atoms with E-state index in [-0.39, 0.29) is 5.97 Å². The lowest BCUT2D eigenvalue weighted by Crippen LogP contribution is -2.27. The van der Waals surface area contributed by atoms with Crippen molar-refractivity contribution < 1.29 is 56.6 Å². The van der Waals surface area contributed by atoms with E-state index in [9.17, 15) is 4.79 Å². The van der Waals surface area contributed by atoms with E-state index < -0.39 is 8.32 Å². The van der Waals surface area contributed by atoms with E-state index in [1.165, 1.54) is 70.6 Å². The highest BCUT2D eigenvalue weighted by molar-refractivity contribution is 6.69. The SMILES string of the molecule is CCCCCCCCCCCCCCCC(=O)OCCOCCOCCOCCOCCOCCOCCOCCOCCOCCO[Si](C)(C)C. The fourth-order valence-electron chi connectivity index (χ4n) is 4.84. The molecule has 0 bridgehead atoms. The summed E-state index contributed by atoms with van der Waals surface area (Å²) in [5, 5.41) is 0. The molecule has 0 fully saturated rings. The lowest BCUT2D eigenvalue weighted by molar-refractivity contribution is -0.145. The van der Waals surface area contributed by atoms with Crippen LogP contribution in [-0.4, -0.2) is 146 Å². The summed E-state index contributed by atoms with van der Waals surface area (Å²) < 4.78 is 60.4. The van der Waals surface area contributed by atoms with Crippen molar-refractivity contribution >= 4 is 14.3 Å². The number of esters is 1. The molecule has 13 heteroatoms. The Kier molecular flexibility index (Phi) is 42.4. The molecule has 0 rings (SSSR count). The number of rotatable bonds is 45. The van der Waals surface area contributed by atoms with Crippen LogP contribution in [0.3, 0.4) is 0 Å². The summed E-state index contributed by atoms with van der Waals surface area (Å²) in [5.41, 5.74) is 0. The number of unbranched alkanes of at least 4 members (excludes halogenated alkanes) is 12. The zero-order valence-electron chi connectivity index (χ0n) is 33.9. The van der Waals surface area contributed by atoms with E-state index in [0.29, 0.717) is 139 Å². The monoisotopic (exact) mass is 769 g/mol. The molecular formula is C39H80O12Si. The maximum Gasteiger partial charge on any atom is 0.305 e. The molecule has 0 saturated carbocycles. The minimum atomic E-state index is -1.45. The Labute approximate surface area is 319 Å². The van der Waals surface area contributed by atoms with Crippen molar-refractivity contribution in [2.24, 2.45) is 0 Å². The van der Waals surface area contributed by atoms with Crippen LogP contribution in [0.2, 0.25) is 19.6 Å². The van der Waals surface area contributed by atoms with E-state index in [1.807, 2.05) is 0 Å². The average molecular weight is 769 g/mol. The first kappa shape index (κ1) is 51.3. The average Bonchev–Trinajstić information content (AvgIpc) is 3.12. The number of carbonyl (C=O) groups excluding carboxylic acids is 1. The van der Waals surface area contributed by atoms with Crippen molar-refractivity contribution in [2.45, 2.75) is 116 Å². The van der Waals surface area contributed by atoms with Gasteiger partial charge in [-0.2, -0.15) is 0 Å². The van der Waals surface area contributed by atoms with Crippen LogP contribution in [0.5, 0.6) is 0 Å².